The number of hydrogen-bond donors (Lipinski definition) is 2. The van der Waals surface area contributed by atoms with Crippen LogP contribution < -0.4 is 5.32 Å². The lowest BCUT2D eigenvalue weighted by molar-refractivity contribution is 0.233. The SMILES string of the molecule is CC1CNCCC1n1c(CO)nc2ccccc21. The highest BCUT2D eigenvalue weighted by molar-refractivity contribution is 5.76. The molecule has 4 heteroatoms. The molecule has 2 heterocycles. The summed E-state index contributed by atoms with van der Waals surface area (Å²) in [7, 11) is 0. The number of hydrogen-bond acceptors (Lipinski definition) is 3. The summed E-state index contributed by atoms with van der Waals surface area (Å²) in [6.45, 7) is 4.33. The molecule has 2 atom stereocenters. The van der Waals surface area contributed by atoms with E-state index in [4.69, 9.17) is 0 Å². The van der Waals surface area contributed by atoms with Crippen molar-refractivity contribution in [3.8, 4) is 0 Å². The Morgan fingerprint density at radius 3 is 3.06 bits per heavy atom. The van der Waals surface area contributed by atoms with Crippen LogP contribution in [0.15, 0.2) is 24.3 Å². The van der Waals surface area contributed by atoms with Gasteiger partial charge in [-0.25, -0.2) is 4.98 Å². The predicted molar refractivity (Wildman–Crippen MR) is 71.3 cm³/mol. The van der Waals surface area contributed by atoms with E-state index in [9.17, 15) is 5.11 Å². The molecular weight excluding hydrogens is 226 g/mol. The van der Waals surface area contributed by atoms with Crippen LogP contribution in [0, 0.1) is 5.92 Å². The molecule has 0 radical (unpaired) electrons. The van der Waals surface area contributed by atoms with Crippen LogP contribution in [0.3, 0.4) is 0 Å². The topological polar surface area (TPSA) is 50.1 Å². The van der Waals surface area contributed by atoms with Crippen molar-refractivity contribution < 1.29 is 5.11 Å². The smallest absolute Gasteiger partial charge is 0.135 e. The maximum absolute atomic E-state index is 9.54. The average Bonchev–Trinajstić information content (AvgIpc) is 2.78. The zero-order valence-corrected chi connectivity index (χ0v) is 10.6. The molecule has 2 unspecified atom stereocenters. The van der Waals surface area contributed by atoms with Gasteiger partial charge in [-0.15, -0.1) is 0 Å². The summed E-state index contributed by atoms with van der Waals surface area (Å²) in [5.41, 5.74) is 2.12. The standard InChI is InChI=1S/C14H19N3O/c1-10-8-15-7-6-12(10)17-13-5-3-2-4-11(13)16-14(17)9-18/h2-5,10,12,15,18H,6-9H2,1H3. The highest BCUT2D eigenvalue weighted by Crippen LogP contribution is 2.30. The van der Waals surface area contributed by atoms with E-state index in [0.717, 1.165) is 36.4 Å². The summed E-state index contributed by atoms with van der Waals surface area (Å²) in [6, 6.07) is 8.56. The van der Waals surface area contributed by atoms with E-state index in [1.165, 1.54) is 0 Å². The first-order valence-corrected chi connectivity index (χ1v) is 6.58. The van der Waals surface area contributed by atoms with E-state index in [0.29, 0.717) is 12.0 Å². The Morgan fingerprint density at radius 2 is 2.28 bits per heavy atom. The van der Waals surface area contributed by atoms with Crippen LogP contribution in [0.25, 0.3) is 11.0 Å². The molecule has 0 aliphatic carbocycles. The van der Waals surface area contributed by atoms with E-state index in [1.807, 2.05) is 18.2 Å². The minimum absolute atomic E-state index is 0.00529. The Kier molecular flexibility index (Phi) is 3.06. The lowest BCUT2D eigenvalue weighted by atomic mass is 9.94. The van der Waals surface area contributed by atoms with Crippen molar-refractivity contribution in [3.63, 3.8) is 0 Å². The van der Waals surface area contributed by atoms with Crippen molar-refractivity contribution in [2.45, 2.75) is 26.0 Å². The zero-order valence-electron chi connectivity index (χ0n) is 10.6. The summed E-state index contributed by atoms with van der Waals surface area (Å²) in [6.07, 6.45) is 1.09. The molecule has 1 fully saturated rings. The number of rotatable bonds is 2. The molecule has 2 N–H and O–H groups in total. The molecule has 1 saturated heterocycles. The number of para-hydroxylation sites is 2. The molecule has 2 aromatic rings. The van der Waals surface area contributed by atoms with E-state index in [2.05, 4.69) is 27.9 Å². The molecule has 0 bridgehead atoms. The number of aliphatic hydroxyl groups is 1. The summed E-state index contributed by atoms with van der Waals surface area (Å²) in [5.74, 6) is 1.34. The van der Waals surface area contributed by atoms with Gasteiger partial charge in [-0.2, -0.15) is 0 Å². The molecule has 4 nitrogen and oxygen atoms in total. The number of aromatic nitrogens is 2. The van der Waals surface area contributed by atoms with Gasteiger partial charge >= 0.3 is 0 Å². The third kappa shape index (κ3) is 1.82. The molecule has 1 aliphatic heterocycles. The van der Waals surface area contributed by atoms with Crippen molar-refractivity contribution in [1.82, 2.24) is 14.9 Å². The number of nitrogens with zero attached hydrogens (tertiary/aromatic N) is 2. The maximum Gasteiger partial charge on any atom is 0.135 e. The summed E-state index contributed by atoms with van der Waals surface area (Å²) in [4.78, 5) is 4.53. The van der Waals surface area contributed by atoms with Crippen molar-refractivity contribution in [2.75, 3.05) is 13.1 Å². The monoisotopic (exact) mass is 245 g/mol. The van der Waals surface area contributed by atoms with Gasteiger partial charge in [-0.05, 0) is 37.6 Å². The van der Waals surface area contributed by atoms with E-state index in [-0.39, 0.29) is 6.61 Å². The van der Waals surface area contributed by atoms with Gasteiger partial charge in [0.15, 0.2) is 0 Å². The molecule has 18 heavy (non-hydrogen) atoms. The lowest BCUT2D eigenvalue weighted by Gasteiger charge is -2.32. The Morgan fingerprint density at radius 1 is 1.44 bits per heavy atom. The summed E-state index contributed by atoms with van der Waals surface area (Å²) < 4.78 is 2.24. The van der Waals surface area contributed by atoms with Crippen LogP contribution in [0.4, 0.5) is 0 Å². The van der Waals surface area contributed by atoms with Crippen LogP contribution in [-0.4, -0.2) is 27.7 Å². The number of imidazole rings is 1. The van der Waals surface area contributed by atoms with Crippen molar-refractivity contribution in [1.29, 1.82) is 0 Å². The molecule has 96 valence electrons. The van der Waals surface area contributed by atoms with Crippen LogP contribution in [-0.2, 0) is 6.61 Å². The van der Waals surface area contributed by atoms with Crippen LogP contribution in [0.5, 0.6) is 0 Å². The Balaban J connectivity index is 2.13. The third-order valence-corrected chi connectivity index (χ3v) is 3.88. The minimum atomic E-state index is 0.00529. The lowest BCUT2D eigenvalue weighted by Crippen LogP contribution is -2.36. The van der Waals surface area contributed by atoms with Gasteiger partial charge in [-0.3, -0.25) is 0 Å². The largest absolute Gasteiger partial charge is 0.388 e. The molecule has 0 spiro atoms. The number of nitrogens with one attached hydrogen (secondary N) is 1. The Hall–Kier alpha value is -1.39. The van der Waals surface area contributed by atoms with Gasteiger partial charge in [-0.1, -0.05) is 19.1 Å². The van der Waals surface area contributed by atoms with Crippen molar-refractivity contribution in [2.24, 2.45) is 5.92 Å². The van der Waals surface area contributed by atoms with Crippen LogP contribution in [0.1, 0.15) is 25.2 Å². The quantitative estimate of drug-likeness (QED) is 0.846. The normalized spacial score (nSPS) is 24.6. The van der Waals surface area contributed by atoms with Gasteiger partial charge in [0, 0.05) is 6.04 Å². The molecule has 1 aliphatic rings. The highest BCUT2D eigenvalue weighted by Gasteiger charge is 2.26. The highest BCUT2D eigenvalue weighted by atomic mass is 16.3. The van der Waals surface area contributed by atoms with Gasteiger partial charge < -0.3 is 15.0 Å². The number of piperidine rings is 1. The first-order valence-electron chi connectivity index (χ1n) is 6.58. The minimum Gasteiger partial charge on any atom is -0.388 e. The van der Waals surface area contributed by atoms with Crippen molar-refractivity contribution >= 4 is 11.0 Å². The molecule has 0 saturated carbocycles. The first kappa shape index (κ1) is 11.7. The second kappa shape index (κ2) is 4.71. The van der Waals surface area contributed by atoms with E-state index >= 15 is 0 Å². The first-order chi connectivity index (χ1) is 8.81. The molecule has 3 rings (SSSR count). The van der Waals surface area contributed by atoms with Crippen LogP contribution in [0.2, 0.25) is 0 Å². The fourth-order valence-electron chi connectivity index (χ4n) is 2.96. The molecule has 1 aromatic carbocycles. The third-order valence-electron chi connectivity index (χ3n) is 3.88. The second-order valence-electron chi connectivity index (χ2n) is 5.08. The van der Waals surface area contributed by atoms with Gasteiger partial charge in [0.25, 0.3) is 0 Å². The van der Waals surface area contributed by atoms with E-state index in [1.54, 1.807) is 0 Å². The number of aliphatic hydroxyl groups excluding tert-OH is 1. The number of fused-ring (bicyclic) bond motifs is 1. The maximum atomic E-state index is 9.54. The number of benzene rings is 1. The molecule has 0 amide bonds. The van der Waals surface area contributed by atoms with Crippen molar-refractivity contribution in [3.05, 3.63) is 30.1 Å². The van der Waals surface area contributed by atoms with Gasteiger partial charge in [0.05, 0.1) is 11.0 Å². The Bertz CT molecular complexity index is 549. The predicted octanol–water partition coefficient (Wildman–Crippen LogP) is 1.70. The van der Waals surface area contributed by atoms with E-state index < -0.39 is 0 Å². The summed E-state index contributed by atoms with van der Waals surface area (Å²) >= 11 is 0. The fraction of sp³-hybridized carbons (Fsp3) is 0.500. The molecule has 1 aromatic heterocycles. The van der Waals surface area contributed by atoms with Crippen LogP contribution >= 0.6 is 0 Å². The van der Waals surface area contributed by atoms with Gasteiger partial charge in [0.1, 0.15) is 12.4 Å². The molecular formula is C14H19N3O. The van der Waals surface area contributed by atoms with Gasteiger partial charge in [0.2, 0.25) is 0 Å². The summed E-state index contributed by atoms with van der Waals surface area (Å²) in [5, 5.41) is 13.0. The fourth-order valence-corrected chi connectivity index (χ4v) is 2.96. The second-order valence-corrected chi connectivity index (χ2v) is 5.08. The average molecular weight is 245 g/mol. The zero-order chi connectivity index (χ0) is 12.5. The Labute approximate surface area is 107 Å².